The molecular formula is C17H21FO6. The molecule has 0 spiro atoms. The standard InChI is InChI=1S/C17H21FO6/c1-3-23-15(21)17(11-14(19)20,16(22)24-4-2)9-8-12-6-5-7-13(18)10-12/h5-7,10H,3-4,8-9,11H2,1-2H3,(H,19,20). The topological polar surface area (TPSA) is 89.9 Å². The van der Waals surface area contributed by atoms with Crippen LogP contribution in [0.2, 0.25) is 0 Å². The van der Waals surface area contributed by atoms with Crippen LogP contribution in [0.15, 0.2) is 24.3 Å². The summed E-state index contributed by atoms with van der Waals surface area (Å²) in [4.78, 5) is 35.9. The fraction of sp³-hybridized carbons (Fsp3) is 0.471. The molecule has 0 aliphatic heterocycles. The zero-order valence-electron chi connectivity index (χ0n) is 13.7. The van der Waals surface area contributed by atoms with Crippen LogP contribution in [0.1, 0.15) is 32.3 Å². The van der Waals surface area contributed by atoms with E-state index in [0.717, 1.165) is 0 Å². The minimum absolute atomic E-state index is 0.000424. The van der Waals surface area contributed by atoms with Crippen molar-refractivity contribution in [3.05, 3.63) is 35.6 Å². The maximum atomic E-state index is 13.3. The Morgan fingerprint density at radius 1 is 1.12 bits per heavy atom. The first-order valence-corrected chi connectivity index (χ1v) is 7.66. The normalized spacial score (nSPS) is 11.0. The highest BCUT2D eigenvalue weighted by Gasteiger charge is 2.50. The average molecular weight is 340 g/mol. The summed E-state index contributed by atoms with van der Waals surface area (Å²) in [5.74, 6) is -3.66. The molecule has 0 fully saturated rings. The van der Waals surface area contributed by atoms with Gasteiger partial charge in [0.05, 0.1) is 19.6 Å². The zero-order chi connectivity index (χ0) is 18.2. The number of benzene rings is 1. The Labute approximate surface area is 139 Å². The van der Waals surface area contributed by atoms with E-state index >= 15 is 0 Å². The molecule has 1 aromatic carbocycles. The predicted octanol–water partition coefficient (Wildman–Crippen LogP) is 2.35. The van der Waals surface area contributed by atoms with Crippen molar-refractivity contribution in [1.29, 1.82) is 0 Å². The largest absolute Gasteiger partial charge is 0.481 e. The molecule has 0 saturated heterocycles. The van der Waals surface area contributed by atoms with Gasteiger partial charge in [-0.05, 0) is 44.4 Å². The molecule has 24 heavy (non-hydrogen) atoms. The number of hydrogen-bond acceptors (Lipinski definition) is 5. The van der Waals surface area contributed by atoms with Gasteiger partial charge in [0.15, 0.2) is 5.41 Å². The molecule has 0 heterocycles. The van der Waals surface area contributed by atoms with Gasteiger partial charge in [-0.25, -0.2) is 4.39 Å². The van der Waals surface area contributed by atoms with Gasteiger partial charge in [-0.2, -0.15) is 0 Å². The van der Waals surface area contributed by atoms with E-state index < -0.39 is 35.6 Å². The molecule has 6 nitrogen and oxygen atoms in total. The number of hydrogen-bond donors (Lipinski definition) is 1. The molecule has 0 atom stereocenters. The second-order valence-corrected chi connectivity index (χ2v) is 5.22. The Balaban J connectivity index is 3.14. The minimum Gasteiger partial charge on any atom is -0.481 e. The van der Waals surface area contributed by atoms with Crippen LogP contribution in [0.4, 0.5) is 4.39 Å². The number of carbonyl (C=O) groups is 3. The summed E-state index contributed by atoms with van der Waals surface area (Å²) in [7, 11) is 0. The molecule has 0 radical (unpaired) electrons. The lowest BCUT2D eigenvalue weighted by Crippen LogP contribution is -2.44. The molecule has 1 aromatic rings. The summed E-state index contributed by atoms with van der Waals surface area (Å²) < 4.78 is 23.1. The van der Waals surface area contributed by atoms with Gasteiger partial charge in [-0.1, -0.05) is 12.1 Å². The molecular weight excluding hydrogens is 319 g/mol. The molecule has 1 N–H and O–H groups in total. The lowest BCUT2D eigenvalue weighted by atomic mass is 9.79. The zero-order valence-corrected chi connectivity index (χ0v) is 13.7. The number of esters is 2. The van der Waals surface area contributed by atoms with Crippen molar-refractivity contribution >= 4 is 17.9 Å². The van der Waals surface area contributed by atoms with Crippen LogP contribution in [0.5, 0.6) is 0 Å². The van der Waals surface area contributed by atoms with Gasteiger partial charge < -0.3 is 14.6 Å². The first-order chi connectivity index (χ1) is 11.4. The third-order valence-corrected chi connectivity index (χ3v) is 3.51. The SMILES string of the molecule is CCOC(=O)C(CCc1cccc(F)c1)(CC(=O)O)C(=O)OCC. The first-order valence-electron chi connectivity index (χ1n) is 7.66. The number of aryl methyl sites for hydroxylation is 1. The van der Waals surface area contributed by atoms with E-state index in [1.165, 1.54) is 18.2 Å². The number of carboxylic acids is 1. The van der Waals surface area contributed by atoms with Crippen LogP contribution < -0.4 is 0 Å². The quantitative estimate of drug-likeness (QED) is 0.548. The van der Waals surface area contributed by atoms with Crippen molar-refractivity contribution in [2.24, 2.45) is 5.41 Å². The van der Waals surface area contributed by atoms with Crippen molar-refractivity contribution < 1.29 is 33.4 Å². The van der Waals surface area contributed by atoms with Crippen molar-refractivity contribution in [3.63, 3.8) is 0 Å². The van der Waals surface area contributed by atoms with Gasteiger partial charge in [0.1, 0.15) is 5.82 Å². The minimum atomic E-state index is -1.95. The van der Waals surface area contributed by atoms with Gasteiger partial charge in [-0.15, -0.1) is 0 Å². The molecule has 0 aromatic heterocycles. The van der Waals surface area contributed by atoms with Gasteiger partial charge in [-0.3, -0.25) is 14.4 Å². The van der Waals surface area contributed by atoms with Crippen LogP contribution in [0.25, 0.3) is 0 Å². The Morgan fingerprint density at radius 2 is 1.71 bits per heavy atom. The number of ether oxygens (including phenoxy) is 2. The van der Waals surface area contributed by atoms with Crippen LogP contribution in [-0.4, -0.2) is 36.2 Å². The molecule has 0 unspecified atom stereocenters. The second kappa shape index (κ2) is 9.00. The Hall–Kier alpha value is -2.44. The molecule has 132 valence electrons. The fourth-order valence-corrected chi connectivity index (χ4v) is 2.37. The highest BCUT2D eigenvalue weighted by molar-refractivity contribution is 6.02. The number of rotatable bonds is 9. The van der Waals surface area contributed by atoms with Crippen molar-refractivity contribution in [1.82, 2.24) is 0 Å². The van der Waals surface area contributed by atoms with Crippen molar-refractivity contribution in [3.8, 4) is 0 Å². The summed E-state index contributed by atoms with van der Waals surface area (Å²) in [6, 6.07) is 5.66. The van der Waals surface area contributed by atoms with E-state index in [1.807, 2.05) is 0 Å². The van der Waals surface area contributed by atoms with Crippen molar-refractivity contribution in [2.75, 3.05) is 13.2 Å². The summed E-state index contributed by atoms with van der Waals surface area (Å²) >= 11 is 0. The smallest absolute Gasteiger partial charge is 0.324 e. The Kier molecular flexibility index (Phi) is 7.35. The van der Waals surface area contributed by atoms with E-state index in [1.54, 1.807) is 19.9 Å². The third kappa shape index (κ3) is 5.04. The van der Waals surface area contributed by atoms with Gasteiger partial charge in [0, 0.05) is 0 Å². The number of halogens is 1. The summed E-state index contributed by atoms with van der Waals surface area (Å²) in [6.07, 6.45) is -0.775. The highest BCUT2D eigenvalue weighted by Crippen LogP contribution is 2.32. The molecule has 0 amide bonds. The lowest BCUT2D eigenvalue weighted by Gasteiger charge is -2.27. The summed E-state index contributed by atoms with van der Waals surface area (Å²) in [6.45, 7) is 3.11. The molecule has 0 saturated carbocycles. The molecule has 1 rings (SSSR count). The monoisotopic (exact) mass is 340 g/mol. The summed E-state index contributed by atoms with van der Waals surface area (Å²) in [5, 5.41) is 9.15. The number of carbonyl (C=O) groups excluding carboxylic acids is 2. The fourth-order valence-electron chi connectivity index (χ4n) is 2.37. The van der Waals surface area contributed by atoms with E-state index in [0.29, 0.717) is 5.56 Å². The highest BCUT2D eigenvalue weighted by atomic mass is 19.1. The van der Waals surface area contributed by atoms with Crippen LogP contribution >= 0.6 is 0 Å². The molecule has 0 bridgehead atoms. The van der Waals surface area contributed by atoms with E-state index in [2.05, 4.69) is 0 Å². The maximum absolute atomic E-state index is 13.3. The number of aliphatic carboxylic acids is 1. The van der Waals surface area contributed by atoms with Crippen LogP contribution in [0, 0.1) is 11.2 Å². The second-order valence-electron chi connectivity index (χ2n) is 5.22. The number of carboxylic acid groups (broad SMARTS) is 1. The lowest BCUT2D eigenvalue weighted by molar-refractivity contribution is -0.176. The van der Waals surface area contributed by atoms with Crippen LogP contribution in [0.3, 0.4) is 0 Å². The Morgan fingerprint density at radius 3 is 2.17 bits per heavy atom. The molecule has 7 heteroatoms. The van der Waals surface area contributed by atoms with E-state index in [4.69, 9.17) is 14.6 Å². The van der Waals surface area contributed by atoms with Gasteiger partial charge in [0.2, 0.25) is 0 Å². The summed E-state index contributed by atoms with van der Waals surface area (Å²) in [5.41, 5.74) is -1.41. The van der Waals surface area contributed by atoms with Gasteiger partial charge in [0.25, 0.3) is 0 Å². The average Bonchev–Trinajstić information content (AvgIpc) is 2.51. The van der Waals surface area contributed by atoms with Crippen LogP contribution in [-0.2, 0) is 30.3 Å². The molecule has 0 aliphatic carbocycles. The van der Waals surface area contributed by atoms with E-state index in [9.17, 15) is 18.8 Å². The maximum Gasteiger partial charge on any atom is 0.324 e. The molecule has 0 aliphatic rings. The Bertz CT molecular complexity index is 580. The van der Waals surface area contributed by atoms with E-state index in [-0.39, 0.29) is 26.1 Å². The predicted molar refractivity (Wildman–Crippen MR) is 82.7 cm³/mol. The third-order valence-electron chi connectivity index (χ3n) is 3.51. The first kappa shape index (κ1) is 19.6. The van der Waals surface area contributed by atoms with Crippen molar-refractivity contribution in [2.45, 2.75) is 33.1 Å². The van der Waals surface area contributed by atoms with Gasteiger partial charge >= 0.3 is 17.9 Å².